The van der Waals surface area contributed by atoms with E-state index in [1.165, 1.54) is 0 Å². The maximum Gasteiger partial charge on any atom is 0.166 e. The number of nitrogens with zero attached hydrogens (tertiary/aromatic N) is 2. The number of fused-ring (bicyclic) bond motifs is 1. The zero-order valence-corrected chi connectivity index (χ0v) is 9.76. The number of phenolic OH excluding ortho intramolecular Hbond substituents is 1. The summed E-state index contributed by atoms with van der Waals surface area (Å²) in [4.78, 5) is 20.3. The van der Waals surface area contributed by atoms with E-state index in [-0.39, 0.29) is 11.5 Å². The Balaban J connectivity index is 2.04. The molecule has 18 heavy (non-hydrogen) atoms. The van der Waals surface area contributed by atoms with Crippen LogP contribution in [0.2, 0.25) is 0 Å². The lowest BCUT2D eigenvalue weighted by Crippen LogP contribution is -2.13. The van der Waals surface area contributed by atoms with E-state index in [2.05, 4.69) is 9.97 Å². The number of aryl methyl sites for hydroxylation is 1. The van der Waals surface area contributed by atoms with E-state index in [0.717, 1.165) is 24.1 Å². The molecule has 1 aromatic heterocycles. The Kier molecular flexibility index (Phi) is 2.55. The minimum Gasteiger partial charge on any atom is -0.508 e. The van der Waals surface area contributed by atoms with Crippen LogP contribution in [0.25, 0.3) is 11.4 Å². The number of aromatic hydroxyl groups is 1. The van der Waals surface area contributed by atoms with E-state index in [1.54, 1.807) is 30.5 Å². The molecule has 0 bridgehead atoms. The van der Waals surface area contributed by atoms with Crippen LogP contribution in [0.1, 0.15) is 28.9 Å². The van der Waals surface area contributed by atoms with Gasteiger partial charge in [0.05, 0.1) is 11.3 Å². The van der Waals surface area contributed by atoms with Gasteiger partial charge in [-0.2, -0.15) is 0 Å². The monoisotopic (exact) mass is 240 g/mol. The van der Waals surface area contributed by atoms with Crippen LogP contribution in [0.5, 0.6) is 5.75 Å². The maximum absolute atomic E-state index is 11.7. The molecule has 0 unspecified atom stereocenters. The molecule has 0 aliphatic heterocycles. The second-order valence-corrected chi connectivity index (χ2v) is 4.38. The SMILES string of the molecule is O=C1CCCc2nc(-c3ccc(O)cc3)ncc21. The molecule has 1 aromatic carbocycles. The van der Waals surface area contributed by atoms with Gasteiger partial charge in [0.25, 0.3) is 0 Å². The van der Waals surface area contributed by atoms with Crippen LogP contribution in [0.3, 0.4) is 0 Å². The predicted molar refractivity (Wildman–Crippen MR) is 66.4 cm³/mol. The number of benzene rings is 1. The van der Waals surface area contributed by atoms with Gasteiger partial charge in [0.15, 0.2) is 11.6 Å². The van der Waals surface area contributed by atoms with Crippen LogP contribution in [0.15, 0.2) is 30.5 Å². The molecule has 2 aromatic rings. The van der Waals surface area contributed by atoms with Gasteiger partial charge in [-0.15, -0.1) is 0 Å². The van der Waals surface area contributed by atoms with E-state index in [1.807, 2.05) is 0 Å². The summed E-state index contributed by atoms with van der Waals surface area (Å²) in [5.74, 6) is 0.948. The van der Waals surface area contributed by atoms with Crippen molar-refractivity contribution in [1.29, 1.82) is 0 Å². The summed E-state index contributed by atoms with van der Waals surface area (Å²) in [5.41, 5.74) is 2.33. The summed E-state index contributed by atoms with van der Waals surface area (Å²) in [6.45, 7) is 0. The van der Waals surface area contributed by atoms with E-state index in [4.69, 9.17) is 0 Å². The minimum atomic E-state index is 0.133. The van der Waals surface area contributed by atoms with Gasteiger partial charge in [-0.1, -0.05) is 0 Å². The third-order valence-electron chi connectivity index (χ3n) is 3.11. The number of carbonyl (C=O) groups is 1. The Hall–Kier alpha value is -2.23. The van der Waals surface area contributed by atoms with Crippen molar-refractivity contribution in [1.82, 2.24) is 9.97 Å². The molecule has 1 aliphatic rings. The largest absolute Gasteiger partial charge is 0.508 e. The van der Waals surface area contributed by atoms with Gasteiger partial charge in [-0.25, -0.2) is 9.97 Å². The van der Waals surface area contributed by atoms with Crippen molar-refractivity contribution in [2.45, 2.75) is 19.3 Å². The molecule has 3 rings (SSSR count). The Morgan fingerprint density at radius 1 is 1.11 bits per heavy atom. The summed E-state index contributed by atoms with van der Waals surface area (Å²) in [5, 5.41) is 9.24. The Bertz CT molecular complexity index is 606. The lowest BCUT2D eigenvalue weighted by Gasteiger charge is -2.13. The van der Waals surface area contributed by atoms with Crippen molar-refractivity contribution in [2.75, 3.05) is 0 Å². The van der Waals surface area contributed by atoms with Crippen molar-refractivity contribution in [2.24, 2.45) is 0 Å². The van der Waals surface area contributed by atoms with E-state index in [0.29, 0.717) is 17.8 Å². The Morgan fingerprint density at radius 3 is 2.67 bits per heavy atom. The molecule has 0 fully saturated rings. The van der Waals surface area contributed by atoms with E-state index in [9.17, 15) is 9.90 Å². The van der Waals surface area contributed by atoms with Crippen LogP contribution < -0.4 is 0 Å². The summed E-state index contributed by atoms with van der Waals surface area (Å²) < 4.78 is 0. The molecule has 0 amide bonds. The fourth-order valence-electron chi connectivity index (χ4n) is 2.14. The van der Waals surface area contributed by atoms with E-state index >= 15 is 0 Å². The van der Waals surface area contributed by atoms with Gasteiger partial charge in [0.2, 0.25) is 0 Å². The molecule has 0 saturated carbocycles. The van der Waals surface area contributed by atoms with Gasteiger partial charge in [0.1, 0.15) is 5.75 Å². The third-order valence-corrected chi connectivity index (χ3v) is 3.11. The highest BCUT2D eigenvalue weighted by Gasteiger charge is 2.19. The van der Waals surface area contributed by atoms with Gasteiger partial charge in [-0.05, 0) is 37.1 Å². The molecule has 1 N–H and O–H groups in total. The van der Waals surface area contributed by atoms with Crippen molar-refractivity contribution in [3.8, 4) is 17.1 Å². The number of aromatic nitrogens is 2. The van der Waals surface area contributed by atoms with Crippen LogP contribution in [0, 0.1) is 0 Å². The lowest BCUT2D eigenvalue weighted by molar-refractivity contribution is 0.0971. The predicted octanol–water partition coefficient (Wildman–Crippen LogP) is 2.37. The standard InChI is InChI=1S/C14H12N2O2/c17-10-6-4-9(5-7-10)14-15-8-11-12(16-14)2-1-3-13(11)18/h4-8,17H,1-3H2. The summed E-state index contributed by atoms with van der Waals surface area (Å²) in [7, 11) is 0. The molecule has 90 valence electrons. The molecule has 0 spiro atoms. The normalized spacial score (nSPS) is 14.3. The first kappa shape index (κ1) is 10.9. The topological polar surface area (TPSA) is 63.1 Å². The first-order valence-corrected chi connectivity index (χ1v) is 5.92. The molecule has 0 radical (unpaired) electrons. The number of ketones is 1. The van der Waals surface area contributed by atoms with Crippen LogP contribution in [0.4, 0.5) is 0 Å². The highest BCUT2D eigenvalue weighted by atomic mass is 16.3. The number of hydrogen-bond donors (Lipinski definition) is 1. The third kappa shape index (κ3) is 1.86. The van der Waals surface area contributed by atoms with Gasteiger partial charge < -0.3 is 5.11 Å². The number of Topliss-reactive ketones (excluding diaryl/α,β-unsaturated/α-hetero) is 1. The van der Waals surface area contributed by atoms with Crippen LogP contribution >= 0.6 is 0 Å². The number of rotatable bonds is 1. The summed E-state index contributed by atoms with van der Waals surface area (Å²) >= 11 is 0. The fourth-order valence-corrected chi connectivity index (χ4v) is 2.14. The van der Waals surface area contributed by atoms with Crippen molar-refractivity contribution < 1.29 is 9.90 Å². The molecular formula is C14H12N2O2. The Labute approximate surface area is 104 Å². The quantitative estimate of drug-likeness (QED) is 0.831. The molecule has 1 heterocycles. The second-order valence-electron chi connectivity index (χ2n) is 4.38. The van der Waals surface area contributed by atoms with Crippen LogP contribution in [-0.2, 0) is 6.42 Å². The maximum atomic E-state index is 11.7. The first-order valence-electron chi connectivity index (χ1n) is 5.92. The molecular weight excluding hydrogens is 228 g/mol. The highest BCUT2D eigenvalue weighted by Crippen LogP contribution is 2.23. The molecule has 4 heteroatoms. The Morgan fingerprint density at radius 2 is 1.89 bits per heavy atom. The lowest BCUT2D eigenvalue weighted by atomic mass is 9.96. The molecule has 1 aliphatic carbocycles. The van der Waals surface area contributed by atoms with Gasteiger partial charge >= 0.3 is 0 Å². The van der Waals surface area contributed by atoms with Crippen molar-refractivity contribution in [3.05, 3.63) is 41.7 Å². The van der Waals surface area contributed by atoms with E-state index < -0.39 is 0 Å². The average Bonchev–Trinajstić information content (AvgIpc) is 2.39. The zero-order chi connectivity index (χ0) is 12.5. The average molecular weight is 240 g/mol. The zero-order valence-electron chi connectivity index (χ0n) is 9.76. The first-order chi connectivity index (χ1) is 8.74. The molecule has 0 atom stereocenters. The van der Waals surface area contributed by atoms with Crippen molar-refractivity contribution >= 4 is 5.78 Å². The number of carbonyl (C=O) groups excluding carboxylic acids is 1. The summed E-state index contributed by atoms with van der Waals surface area (Å²) in [6.07, 6.45) is 3.90. The van der Waals surface area contributed by atoms with Gasteiger partial charge in [0, 0.05) is 18.2 Å². The minimum absolute atomic E-state index is 0.133. The molecule has 4 nitrogen and oxygen atoms in total. The smallest absolute Gasteiger partial charge is 0.166 e. The number of hydrogen-bond acceptors (Lipinski definition) is 4. The second kappa shape index (κ2) is 4.22. The highest BCUT2D eigenvalue weighted by molar-refractivity contribution is 5.97. The fraction of sp³-hybridized carbons (Fsp3) is 0.214. The number of phenols is 1. The van der Waals surface area contributed by atoms with Gasteiger partial charge in [-0.3, -0.25) is 4.79 Å². The molecule has 0 saturated heterocycles. The van der Waals surface area contributed by atoms with Crippen LogP contribution in [-0.4, -0.2) is 20.9 Å². The van der Waals surface area contributed by atoms with Crippen molar-refractivity contribution in [3.63, 3.8) is 0 Å². The summed E-state index contributed by atoms with van der Waals surface area (Å²) in [6, 6.07) is 6.73.